The number of aryl methyl sites for hydroxylation is 1. The molecule has 0 aromatic carbocycles. The molecule has 122 valence electrons. The van der Waals surface area contributed by atoms with Crippen LogP contribution in [0.25, 0.3) is 0 Å². The van der Waals surface area contributed by atoms with Gasteiger partial charge in [-0.15, -0.1) is 0 Å². The maximum atomic E-state index is 11.7. The lowest BCUT2D eigenvalue weighted by Gasteiger charge is -2.25. The second-order valence-corrected chi connectivity index (χ2v) is 5.77. The second-order valence-electron chi connectivity index (χ2n) is 4.53. The van der Waals surface area contributed by atoms with Crippen LogP contribution in [0.3, 0.4) is 0 Å². The molecule has 10 nitrogen and oxygen atoms in total. The fourth-order valence-corrected chi connectivity index (χ4v) is 1.96. The number of phosphoric acid groups is 1. The molecule has 3 N–H and O–H groups in total. The summed E-state index contributed by atoms with van der Waals surface area (Å²) in [5.41, 5.74) is -0.698. The Hall–Kier alpha value is -1.55. The lowest BCUT2D eigenvalue weighted by Crippen LogP contribution is -2.36. The van der Waals surface area contributed by atoms with Crippen LogP contribution in [0, 0.1) is 6.92 Å². The molecule has 0 unspecified atom stereocenters. The van der Waals surface area contributed by atoms with Gasteiger partial charge in [-0.3, -0.25) is 18.9 Å². The number of H-pyrrole nitrogens is 1. The van der Waals surface area contributed by atoms with Gasteiger partial charge in [0.05, 0.1) is 6.61 Å². The Bertz CT molecular complexity index is 718. The van der Waals surface area contributed by atoms with Crippen LogP contribution in [0.5, 0.6) is 0 Å². The van der Waals surface area contributed by atoms with Crippen molar-refractivity contribution in [2.24, 2.45) is 0 Å². The van der Waals surface area contributed by atoms with E-state index in [1.165, 1.54) is 16.8 Å². The number of hydrogen-bond donors (Lipinski definition) is 3. The number of nitrogens with one attached hydrogen (secondary N) is 1. The van der Waals surface area contributed by atoms with Gasteiger partial charge in [-0.05, 0) is 13.0 Å². The summed E-state index contributed by atoms with van der Waals surface area (Å²) >= 11 is 0. The molecule has 0 amide bonds. The van der Waals surface area contributed by atoms with E-state index in [9.17, 15) is 14.2 Å². The van der Waals surface area contributed by atoms with E-state index < -0.39 is 38.2 Å². The summed E-state index contributed by atoms with van der Waals surface area (Å²) in [6.07, 6.45) is 3.22. The van der Waals surface area contributed by atoms with Crippen LogP contribution in [0.2, 0.25) is 0 Å². The minimum absolute atomic E-state index is 0.0519. The third kappa shape index (κ3) is 4.47. The zero-order valence-electron chi connectivity index (χ0n) is 11.5. The summed E-state index contributed by atoms with van der Waals surface area (Å²) < 4.78 is 26.3. The fraction of sp³-hybridized carbons (Fsp3) is 0.455. The molecule has 0 spiro atoms. The topological polar surface area (TPSA) is 140 Å². The Morgan fingerprint density at radius 2 is 2.18 bits per heavy atom. The van der Waals surface area contributed by atoms with Gasteiger partial charge in [-0.25, -0.2) is 9.36 Å². The largest absolute Gasteiger partial charge is 0.471 e. The van der Waals surface area contributed by atoms with Gasteiger partial charge in [0.25, 0.3) is 5.56 Å². The summed E-state index contributed by atoms with van der Waals surface area (Å²) in [6, 6.07) is 0. The van der Waals surface area contributed by atoms with Gasteiger partial charge < -0.3 is 19.3 Å². The fourth-order valence-electron chi connectivity index (χ4n) is 1.76. The van der Waals surface area contributed by atoms with E-state index in [1.807, 2.05) is 0 Å². The molecule has 0 fully saturated rings. The van der Waals surface area contributed by atoms with Gasteiger partial charge in [0.2, 0.25) is 0 Å². The van der Waals surface area contributed by atoms with Crippen molar-refractivity contribution in [2.45, 2.75) is 19.3 Å². The number of aromatic amines is 1. The Balaban J connectivity index is 2.00. The van der Waals surface area contributed by atoms with E-state index >= 15 is 0 Å². The van der Waals surface area contributed by atoms with Crippen LogP contribution in [0.4, 0.5) is 0 Å². The number of aromatic nitrogens is 2. The van der Waals surface area contributed by atoms with Crippen molar-refractivity contribution >= 4 is 7.82 Å². The predicted molar refractivity (Wildman–Crippen MR) is 73.1 cm³/mol. The second kappa shape index (κ2) is 6.69. The van der Waals surface area contributed by atoms with Crippen LogP contribution in [-0.2, 0) is 18.6 Å². The molecule has 1 aromatic heterocycles. The van der Waals surface area contributed by atoms with E-state index in [-0.39, 0.29) is 6.61 Å². The summed E-state index contributed by atoms with van der Waals surface area (Å²) in [7, 11) is -4.58. The first-order chi connectivity index (χ1) is 10.3. The predicted octanol–water partition coefficient (Wildman–Crippen LogP) is -0.618. The lowest BCUT2D eigenvalue weighted by atomic mass is 10.2. The van der Waals surface area contributed by atoms with Gasteiger partial charge >= 0.3 is 13.5 Å². The van der Waals surface area contributed by atoms with Crippen molar-refractivity contribution in [3.63, 3.8) is 0 Å². The number of ether oxygens (including phenoxy) is 2. The molecule has 1 aliphatic heterocycles. The molecular weight excluding hydrogens is 319 g/mol. The summed E-state index contributed by atoms with van der Waals surface area (Å²) in [6.45, 7) is 1.02. The maximum Gasteiger partial charge on any atom is 0.471 e. The lowest BCUT2D eigenvalue weighted by molar-refractivity contribution is -0.0869. The van der Waals surface area contributed by atoms with Crippen LogP contribution in [0.15, 0.2) is 27.9 Å². The first-order valence-electron chi connectivity index (χ1n) is 6.20. The Kier molecular flexibility index (Phi) is 5.12. The number of hydrogen-bond acceptors (Lipinski definition) is 6. The van der Waals surface area contributed by atoms with E-state index in [2.05, 4.69) is 9.51 Å². The third-order valence-corrected chi connectivity index (χ3v) is 3.29. The van der Waals surface area contributed by atoms with Gasteiger partial charge in [-0.1, -0.05) is 6.08 Å². The van der Waals surface area contributed by atoms with Crippen molar-refractivity contribution in [1.82, 2.24) is 9.55 Å². The minimum Gasteiger partial charge on any atom is -0.351 e. The van der Waals surface area contributed by atoms with Crippen molar-refractivity contribution in [3.8, 4) is 0 Å². The van der Waals surface area contributed by atoms with Crippen molar-refractivity contribution in [1.29, 1.82) is 0 Å². The zero-order chi connectivity index (χ0) is 16.3. The van der Waals surface area contributed by atoms with Crippen molar-refractivity contribution in [2.75, 3.05) is 13.4 Å². The van der Waals surface area contributed by atoms with Crippen LogP contribution in [-0.4, -0.2) is 38.8 Å². The van der Waals surface area contributed by atoms with Crippen LogP contribution < -0.4 is 11.2 Å². The molecule has 1 aliphatic rings. The van der Waals surface area contributed by atoms with E-state index in [1.54, 1.807) is 13.0 Å². The first-order valence-corrected chi connectivity index (χ1v) is 7.73. The standard InChI is InChI=1S/C11H15N2O8P/c1-7-4-13(11(15)12-10(7)14)9-3-2-8(5-19-9)20-6-21-22(16,17)18/h2-4,8-9H,5-6H2,1H3,(H,12,14,15)(H2,16,17,18)/t8-,9-/m1/s1. The summed E-state index contributed by atoms with van der Waals surface area (Å²) in [5, 5.41) is 0. The molecule has 0 aliphatic carbocycles. The SMILES string of the molecule is Cc1cn([C@H]2C=C[C@@H](OCOP(=O)(O)O)CO2)c(=O)[nH]c1=O. The average Bonchev–Trinajstić information content (AvgIpc) is 2.42. The molecular formula is C11H15N2O8P. The quantitative estimate of drug-likeness (QED) is 0.368. The van der Waals surface area contributed by atoms with Crippen LogP contribution in [0.1, 0.15) is 11.8 Å². The van der Waals surface area contributed by atoms with Crippen molar-refractivity contribution < 1.29 is 28.3 Å². The molecule has 2 atom stereocenters. The Morgan fingerprint density at radius 1 is 1.45 bits per heavy atom. The van der Waals surface area contributed by atoms with Gasteiger partial charge in [-0.2, -0.15) is 0 Å². The first kappa shape index (κ1) is 16.8. The van der Waals surface area contributed by atoms with Gasteiger partial charge in [0, 0.05) is 11.8 Å². The molecule has 2 rings (SSSR count). The summed E-state index contributed by atoms with van der Waals surface area (Å²) in [4.78, 5) is 42.2. The van der Waals surface area contributed by atoms with E-state index in [0.717, 1.165) is 0 Å². The monoisotopic (exact) mass is 334 g/mol. The molecule has 0 saturated heterocycles. The maximum absolute atomic E-state index is 11.7. The summed E-state index contributed by atoms with van der Waals surface area (Å²) in [5.74, 6) is 0. The smallest absolute Gasteiger partial charge is 0.351 e. The molecule has 11 heteroatoms. The van der Waals surface area contributed by atoms with E-state index in [4.69, 9.17) is 19.3 Å². The highest BCUT2D eigenvalue weighted by Crippen LogP contribution is 2.35. The number of rotatable bonds is 5. The van der Waals surface area contributed by atoms with Crippen LogP contribution >= 0.6 is 7.82 Å². The highest BCUT2D eigenvalue weighted by atomic mass is 31.2. The molecule has 1 aromatic rings. The highest BCUT2D eigenvalue weighted by molar-refractivity contribution is 7.46. The van der Waals surface area contributed by atoms with Crippen molar-refractivity contribution in [3.05, 3.63) is 44.8 Å². The zero-order valence-corrected chi connectivity index (χ0v) is 12.4. The third-order valence-electron chi connectivity index (χ3n) is 2.84. The average molecular weight is 334 g/mol. The van der Waals surface area contributed by atoms with Gasteiger partial charge in [0.1, 0.15) is 6.10 Å². The molecule has 0 bridgehead atoms. The molecule has 0 saturated carbocycles. The Labute approximate surface area is 124 Å². The molecule has 2 heterocycles. The highest BCUT2D eigenvalue weighted by Gasteiger charge is 2.21. The number of nitrogens with zero attached hydrogens (tertiary/aromatic N) is 1. The molecule has 0 radical (unpaired) electrons. The minimum atomic E-state index is -4.58. The van der Waals surface area contributed by atoms with Gasteiger partial charge in [0.15, 0.2) is 13.0 Å². The normalized spacial score (nSPS) is 22.0. The Morgan fingerprint density at radius 3 is 2.77 bits per heavy atom. The van der Waals surface area contributed by atoms with E-state index in [0.29, 0.717) is 5.56 Å². The number of phosphoric ester groups is 1. The molecule has 22 heavy (non-hydrogen) atoms.